The Labute approximate surface area is 105 Å². The van der Waals surface area contributed by atoms with Crippen LogP contribution in [0.3, 0.4) is 0 Å². The zero-order chi connectivity index (χ0) is 13.1. The molecule has 1 aromatic heterocycles. The van der Waals surface area contributed by atoms with Crippen LogP contribution in [-0.4, -0.2) is 40.0 Å². The second-order valence-corrected chi connectivity index (χ2v) is 4.56. The zero-order valence-corrected chi connectivity index (χ0v) is 10.3. The normalized spacial score (nSPS) is 19.8. The number of carboxylic acid groups (broad SMARTS) is 1. The number of carbonyl (C=O) groups is 2. The lowest BCUT2D eigenvalue weighted by Crippen LogP contribution is -2.43. The van der Waals surface area contributed by atoms with Gasteiger partial charge in [-0.2, -0.15) is 0 Å². The first-order chi connectivity index (χ1) is 8.56. The summed E-state index contributed by atoms with van der Waals surface area (Å²) < 4.78 is 5.24. The highest BCUT2D eigenvalue weighted by molar-refractivity contribution is 5.79. The van der Waals surface area contributed by atoms with Gasteiger partial charge >= 0.3 is 5.97 Å². The van der Waals surface area contributed by atoms with Gasteiger partial charge in [-0.05, 0) is 19.8 Å². The van der Waals surface area contributed by atoms with Crippen LogP contribution in [0, 0.1) is 12.8 Å². The molecule has 1 aromatic rings. The highest BCUT2D eigenvalue weighted by atomic mass is 16.4. The lowest BCUT2D eigenvalue weighted by Gasteiger charge is -2.30. The van der Waals surface area contributed by atoms with Gasteiger partial charge in [-0.1, -0.05) is 0 Å². The number of amides is 1. The maximum atomic E-state index is 12.0. The van der Waals surface area contributed by atoms with Gasteiger partial charge in [0, 0.05) is 13.1 Å². The van der Waals surface area contributed by atoms with Crippen LogP contribution in [-0.2, 0) is 16.0 Å². The molecule has 2 heterocycles. The van der Waals surface area contributed by atoms with Gasteiger partial charge in [0.1, 0.15) is 12.2 Å². The van der Waals surface area contributed by atoms with Crippen LogP contribution in [0.25, 0.3) is 0 Å². The Bertz CT molecular complexity index is 455. The first-order valence-corrected chi connectivity index (χ1v) is 5.98. The van der Waals surface area contributed by atoms with E-state index in [1.54, 1.807) is 18.0 Å². The average Bonchev–Trinajstić information content (AvgIpc) is 2.75. The Morgan fingerprint density at radius 3 is 3.00 bits per heavy atom. The van der Waals surface area contributed by atoms with Crippen LogP contribution in [0.1, 0.15) is 24.5 Å². The predicted molar refractivity (Wildman–Crippen MR) is 61.9 cm³/mol. The highest BCUT2D eigenvalue weighted by Crippen LogP contribution is 2.17. The third-order valence-corrected chi connectivity index (χ3v) is 3.09. The van der Waals surface area contributed by atoms with Crippen molar-refractivity contribution in [2.75, 3.05) is 13.1 Å². The number of hydrogen-bond donors (Lipinski definition) is 1. The molecule has 0 spiro atoms. The molecule has 18 heavy (non-hydrogen) atoms. The molecule has 1 saturated heterocycles. The van der Waals surface area contributed by atoms with Crippen molar-refractivity contribution in [3.63, 3.8) is 0 Å². The fraction of sp³-hybridized carbons (Fsp3) is 0.583. The van der Waals surface area contributed by atoms with E-state index < -0.39 is 11.9 Å². The molecule has 2 rings (SSSR count). The van der Waals surface area contributed by atoms with Crippen molar-refractivity contribution in [2.24, 2.45) is 5.92 Å². The molecular weight excluding hydrogens is 236 g/mol. The number of likely N-dealkylation sites (tertiary alicyclic amines) is 1. The summed E-state index contributed by atoms with van der Waals surface area (Å²) in [5.74, 6) is -0.355. The summed E-state index contributed by atoms with van der Waals surface area (Å²) in [5, 5.41) is 8.96. The minimum Gasteiger partial charge on any atom is -0.481 e. The Kier molecular flexibility index (Phi) is 3.64. The average molecular weight is 252 g/mol. The van der Waals surface area contributed by atoms with E-state index in [9.17, 15) is 9.59 Å². The fourth-order valence-corrected chi connectivity index (χ4v) is 2.13. The quantitative estimate of drug-likeness (QED) is 0.862. The van der Waals surface area contributed by atoms with Crippen molar-refractivity contribution in [2.45, 2.75) is 26.2 Å². The molecule has 0 aliphatic carbocycles. The molecule has 0 aromatic carbocycles. The number of aryl methyl sites for hydroxylation is 1. The number of aromatic nitrogens is 1. The minimum absolute atomic E-state index is 0.0974. The topological polar surface area (TPSA) is 83.6 Å². The number of nitrogens with zero attached hydrogens (tertiary/aromatic N) is 2. The zero-order valence-electron chi connectivity index (χ0n) is 10.3. The van der Waals surface area contributed by atoms with Gasteiger partial charge in [-0.15, -0.1) is 0 Å². The van der Waals surface area contributed by atoms with E-state index in [0.29, 0.717) is 24.6 Å². The van der Waals surface area contributed by atoms with E-state index in [4.69, 9.17) is 9.52 Å². The van der Waals surface area contributed by atoms with Crippen LogP contribution in [0.15, 0.2) is 10.6 Å². The largest absolute Gasteiger partial charge is 0.481 e. The standard InChI is InChI=1S/C12H16N2O4/c1-8-6-13-10(18-8)5-11(15)14-4-2-3-9(7-14)12(16)17/h6,9H,2-5,7H2,1H3,(H,16,17). The lowest BCUT2D eigenvalue weighted by atomic mass is 9.98. The molecule has 1 amide bonds. The monoisotopic (exact) mass is 252 g/mol. The number of oxazole rings is 1. The molecule has 6 heteroatoms. The molecule has 1 unspecified atom stereocenters. The van der Waals surface area contributed by atoms with Crippen LogP contribution >= 0.6 is 0 Å². The van der Waals surface area contributed by atoms with Crippen molar-refractivity contribution in [3.8, 4) is 0 Å². The Morgan fingerprint density at radius 2 is 2.39 bits per heavy atom. The molecule has 1 aliphatic heterocycles. The molecule has 1 N–H and O–H groups in total. The van der Waals surface area contributed by atoms with E-state index in [-0.39, 0.29) is 18.9 Å². The summed E-state index contributed by atoms with van der Waals surface area (Å²) >= 11 is 0. The summed E-state index contributed by atoms with van der Waals surface area (Å²) in [6, 6.07) is 0. The van der Waals surface area contributed by atoms with Crippen molar-refractivity contribution in [1.29, 1.82) is 0 Å². The van der Waals surface area contributed by atoms with E-state index in [0.717, 1.165) is 6.42 Å². The molecule has 98 valence electrons. The Morgan fingerprint density at radius 1 is 1.61 bits per heavy atom. The molecular formula is C12H16N2O4. The number of rotatable bonds is 3. The van der Waals surface area contributed by atoms with Crippen LogP contribution in [0.5, 0.6) is 0 Å². The predicted octanol–water partition coefficient (Wildman–Crippen LogP) is 0.849. The molecule has 1 fully saturated rings. The third kappa shape index (κ3) is 2.88. The minimum atomic E-state index is -0.834. The molecule has 1 atom stereocenters. The third-order valence-electron chi connectivity index (χ3n) is 3.09. The molecule has 0 bridgehead atoms. The summed E-state index contributed by atoms with van der Waals surface area (Å²) in [4.78, 5) is 28.5. The van der Waals surface area contributed by atoms with Crippen LogP contribution in [0.4, 0.5) is 0 Å². The van der Waals surface area contributed by atoms with Crippen molar-refractivity contribution < 1.29 is 19.1 Å². The van der Waals surface area contributed by atoms with Crippen molar-refractivity contribution >= 4 is 11.9 Å². The number of piperidine rings is 1. The Balaban J connectivity index is 1.94. The van der Waals surface area contributed by atoms with E-state index in [2.05, 4.69) is 4.98 Å². The van der Waals surface area contributed by atoms with Crippen LogP contribution in [0.2, 0.25) is 0 Å². The van der Waals surface area contributed by atoms with Gasteiger partial charge in [0.15, 0.2) is 0 Å². The number of hydrogen-bond acceptors (Lipinski definition) is 4. The lowest BCUT2D eigenvalue weighted by molar-refractivity contribution is -0.145. The number of carbonyl (C=O) groups excluding carboxylic acids is 1. The SMILES string of the molecule is Cc1cnc(CC(=O)N2CCCC(C(=O)O)C2)o1. The number of carboxylic acids is 1. The van der Waals surface area contributed by atoms with E-state index >= 15 is 0 Å². The summed E-state index contributed by atoms with van der Waals surface area (Å²) in [6.45, 7) is 2.67. The highest BCUT2D eigenvalue weighted by Gasteiger charge is 2.28. The molecule has 6 nitrogen and oxygen atoms in total. The van der Waals surface area contributed by atoms with Gasteiger partial charge in [-0.25, -0.2) is 4.98 Å². The Hall–Kier alpha value is -1.85. The number of aliphatic carboxylic acids is 1. The van der Waals surface area contributed by atoms with E-state index in [1.807, 2.05) is 0 Å². The van der Waals surface area contributed by atoms with Gasteiger partial charge in [0.2, 0.25) is 11.8 Å². The second kappa shape index (κ2) is 5.20. The second-order valence-electron chi connectivity index (χ2n) is 4.56. The van der Waals surface area contributed by atoms with Crippen LogP contribution < -0.4 is 0 Å². The maximum Gasteiger partial charge on any atom is 0.308 e. The molecule has 0 saturated carbocycles. The van der Waals surface area contributed by atoms with Crippen molar-refractivity contribution in [3.05, 3.63) is 17.8 Å². The summed E-state index contributed by atoms with van der Waals surface area (Å²) in [6.07, 6.45) is 3.03. The van der Waals surface area contributed by atoms with Gasteiger partial charge in [0.05, 0.1) is 12.1 Å². The maximum absolute atomic E-state index is 12.0. The van der Waals surface area contributed by atoms with Gasteiger partial charge in [-0.3, -0.25) is 9.59 Å². The first-order valence-electron chi connectivity index (χ1n) is 5.98. The smallest absolute Gasteiger partial charge is 0.308 e. The first kappa shape index (κ1) is 12.6. The fourth-order valence-electron chi connectivity index (χ4n) is 2.13. The molecule has 0 radical (unpaired) electrons. The summed E-state index contributed by atoms with van der Waals surface area (Å²) in [7, 11) is 0. The van der Waals surface area contributed by atoms with Gasteiger partial charge < -0.3 is 14.4 Å². The summed E-state index contributed by atoms with van der Waals surface area (Å²) in [5.41, 5.74) is 0. The van der Waals surface area contributed by atoms with Gasteiger partial charge in [0.25, 0.3) is 0 Å². The molecule has 1 aliphatic rings. The van der Waals surface area contributed by atoms with E-state index in [1.165, 1.54) is 0 Å². The van der Waals surface area contributed by atoms with Crippen molar-refractivity contribution in [1.82, 2.24) is 9.88 Å².